The Hall–Kier alpha value is -2.15. The first-order valence-electron chi connectivity index (χ1n) is 9.64. The van der Waals surface area contributed by atoms with Crippen molar-refractivity contribution in [2.24, 2.45) is 0 Å². The molecule has 150 valence electrons. The molecular weight excluding hydrogens is 344 g/mol. The van der Waals surface area contributed by atoms with Crippen LogP contribution in [0.4, 0.5) is 10.6 Å². The van der Waals surface area contributed by atoms with E-state index in [4.69, 9.17) is 4.74 Å². The predicted molar refractivity (Wildman–Crippen MR) is 106 cm³/mol. The van der Waals surface area contributed by atoms with Crippen LogP contribution in [0.1, 0.15) is 50.4 Å². The molecule has 1 aliphatic heterocycles. The molecule has 1 N–H and O–H groups in total. The number of ether oxygens (including phenoxy) is 1. The number of anilines is 1. The minimum Gasteiger partial charge on any atom is -0.444 e. The number of amides is 1. The van der Waals surface area contributed by atoms with Crippen LogP contribution >= 0.6 is 0 Å². The summed E-state index contributed by atoms with van der Waals surface area (Å²) in [6, 6.07) is 3.80. The van der Waals surface area contributed by atoms with E-state index in [9.17, 15) is 9.59 Å². The van der Waals surface area contributed by atoms with Gasteiger partial charge in [0.1, 0.15) is 11.4 Å². The quantitative estimate of drug-likeness (QED) is 0.583. The molecule has 2 heterocycles. The number of aromatic nitrogens is 1. The fourth-order valence-electron chi connectivity index (χ4n) is 2.83. The minimum absolute atomic E-state index is 0.0877. The first-order chi connectivity index (χ1) is 12.7. The average Bonchev–Trinajstić information content (AvgIpc) is 2.60. The maximum absolute atomic E-state index is 12.3. The Morgan fingerprint density at radius 3 is 2.44 bits per heavy atom. The number of unbranched alkanes of at least 4 members (excludes halogenated alkanes) is 1. The second-order valence-corrected chi connectivity index (χ2v) is 8.00. The normalized spacial score (nSPS) is 15.5. The molecule has 27 heavy (non-hydrogen) atoms. The highest BCUT2D eigenvalue weighted by Crippen LogP contribution is 2.15. The highest BCUT2D eigenvalue weighted by molar-refractivity contribution is 5.95. The van der Waals surface area contributed by atoms with Crippen molar-refractivity contribution < 1.29 is 14.3 Å². The molecule has 1 aromatic heterocycles. The summed E-state index contributed by atoms with van der Waals surface area (Å²) in [5.74, 6) is 1.02. The Labute approximate surface area is 162 Å². The number of piperazine rings is 1. The molecule has 7 nitrogen and oxygen atoms in total. The van der Waals surface area contributed by atoms with Crippen LogP contribution in [0.3, 0.4) is 0 Å². The summed E-state index contributed by atoms with van der Waals surface area (Å²) in [4.78, 5) is 32.8. The van der Waals surface area contributed by atoms with Crippen molar-refractivity contribution in [1.29, 1.82) is 0 Å². The molecule has 2 rings (SSSR count). The van der Waals surface area contributed by atoms with E-state index in [0.717, 1.165) is 44.8 Å². The van der Waals surface area contributed by atoms with Gasteiger partial charge in [0.05, 0.1) is 0 Å². The molecule has 1 aromatic rings. The summed E-state index contributed by atoms with van der Waals surface area (Å²) in [5, 5.41) is 2.71. The number of ketones is 1. The molecule has 1 aliphatic rings. The Morgan fingerprint density at radius 1 is 1.15 bits per heavy atom. The van der Waals surface area contributed by atoms with Gasteiger partial charge in [-0.05, 0) is 52.8 Å². The van der Waals surface area contributed by atoms with Gasteiger partial charge in [-0.2, -0.15) is 0 Å². The van der Waals surface area contributed by atoms with Crippen LogP contribution in [0.5, 0.6) is 0 Å². The Balaban J connectivity index is 1.68. The van der Waals surface area contributed by atoms with E-state index < -0.39 is 11.7 Å². The number of Topliss-reactive ketones (excluding diaryl/α,β-unsaturated/α-hetero) is 1. The average molecular weight is 377 g/mol. The highest BCUT2D eigenvalue weighted by Gasteiger charge is 2.17. The molecule has 0 aromatic carbocycles. The number of hydrogen-bond donors (Lipinski definition) is 1. The highest BCUT2D eigenvalue weighted by atomic mass is 16.6. The Morgan fingerprint density at radius 2 is 1.85 bits per heavy atom. The maximum Gasteiger partial charge on any atom is 0.407 e. The van der Waals surface area contributed by atoms with Gasteiger partial charge in [0.2, 0.25) is 0 Å². The van der Waals surface area contributed by atoms with Gasteiger partial charge in [0, 0.05) is 50.9 Å². The first-order valence-corrected chi connectivity index (χ1v) is 9.64. The van der Waals surface area contributed by atoms with Crippen LogP contribution in [-0.2, 0) is 4.74 Å². The largest absolute Gasteiger partial charge is 0.444 e. The molecular formula is C20H32N4O3. The van der Waals surface area contributed by atoms with E-state index >= 15 is 0 Å². The second kappa shape index (κ2) is 9.69. The summed E-state index contributed by atoms with van der Waals surface area (Å²) in [7, 11) is 2.12. The zero-order valence-corrected chi connectivity index (χ0v) is 17.0. The van der Waals surface area contributed by atoms with Crippen molar-refractivity contribution >= 4 is 17.7 Å². The Bertz CT molecular complexity index is 617. The molecule has 0 saturated carbocycles. The lowest BCUT2D eigenvalue weighted by Crippen LogP contribution is -2.44. The van der Waals surface area contributed by atoms with E-state index in [1.165, 1.54) is 0 Å². The SMILES string of the molecule is CN1CCN(c2ccc(C(=O)CCCCNC(=O)OC(C)(C)C)cn2)CC1. The van der Waals surface area contributed by atoms with Crippen LogP contribution in [0, 0.1) is 0 Å². The first kappa shape index (κ1) is 21.2. The topological polar surface area (TPSA) is 74.8 Å². The number of hydrogen-bond acceptors (Lipinski definition) is 6. The molecule has 7 heteroatoms. The van der Waals surface area contributed by atoms with E-state index in [2.05, 4.69) is 27.1 Å². The zero-order chi connectivity index (χ0) is 19.9. The van der Waals surface area contributed by atoms with Gasteiger partial charge < -0.3 is 19.9 Å². The maximum atomic E-state index is 12.3. The van der Waals surface area contributed by atoms with Gasteiger partial charge in [-0.1, -0.05) is 0 Å². The van der Waals surface area contributed by atoms with Crippen LogP contribution in [0.2, 0.25) is 0 Å². The minimum atomic E-state index is -0.497. The second-order valence-electron chi connectivity index (χ2n) is 8.00. The standard InChI is InChI=1S/C20H32N4O3/c1-20(2,3)27-19(26)21-10-6-5-7-17(25)16-8-9-18(22-15-16)24-13-11-23(4)12-14-24/h8-9,15H,5-7,10-14H2,1-4H3,(H,21,26). The van der Waals surface area contributed by atoms with Crippen LogP contribution in [-0.4, -0.2) is 67.1 Å². The number of pyridine rings is 1. The number of likely N-dealkylation sites (N-methyl/N-ethyl adjacent to an activating group) is 1. The molecule has 1 saturated heterocycles. The molecule has 0 spiro atoms. The van der Waals surface area contributed by atoms with Gasteiger partial charge in [-0.3, -0.25) is 4.79 Å². The number of nitrogens with zero attached hydrogens (tertiary/aromatic N) is 3. The van der Waals surface area contributed by atoms with Crippen molar-refractivity contribution in [3.8, 4) is 0 Å². The summed E-state index contributed by atoms with van der Waals surface area (Å²) < 4.78 is 5.17. The van der Waals surface area contributed by atoms with Crippen molar-refractivity contribution in [1.82, 2.24) is 15.2 Å². The van der Waals surface area contributed by atoms with Crippen molar-refractivity contribution in [3.05, 3.63) is 23.9 Å². The molecule has 0 bridgehead atoms. The summed E-state index contributed by atoms with van der Waals surface area (Å²) in [5.41, 5.74) is 0.150. The van der Waals surface area contributed by atoms with Gasteiger partial charge in [-0.25, -0.2) is 9.78 Å². The van der Waals surface area contributed by atoms with Crippen molar-refractivity contribution in [2.45, 2.75) is 45.6 Å². The number of nitrogens with one attached hydrogen (secondary N) is 1. The number of rotatable bonds is 7. The molecule has 1 amide bonds. The monoisotopic (exact) mass is 376 g/mol. The van der Waals surface area contributed by atoms with Crippen LogP contribution < -0.4 is 10.2 Å². The van der Waals surface area contributed by atoms with E-state index in [0.29, 0.717) is 18.5 Å². The van der Waals surface area contributed by atoms with Crippen molar-refractivity contribution in [3.63, 3.8) is 0 Å². The van der Waals surface area contributed by atoms with Gasteiger partial charge in [0.15, 0.2) is 5.78 Å². The molecule has 0 radical (unpaired) electrons. The predicted octanol–water partition coefficient (Wildman–Crippen LogP) is 2.71. The molecule has 1 fully saturated rings. The zero-order valence-electron chi connectivity index (χ0n) is 17.0. The number of carbonyl (C=O) groups is 2. The number of alkyl carbamates (subject to hydrolysis) is 1. The van der Waals surface area contributed by atoms with Crippen LogP contribution in [0.25, 0.3) is 0 Å². The lowest BCUT2D eigenvalue weighted by atomic mass is 10.1. The Kier molecular flexibility index (Phi) is 7.59. The van der Waals surface area contributed by atoms with Gasteiger partial charge in [-0.15, -0.1) is 0 Å². The van der Waals surface area contributed by atoms with E-state index in [1.54, 1.807) is 6.20 Å². The third-order valence-corrected chi connectivity index (χ3v) is 4.40. The summed E-state index contributed by atoms with van der Waals surface area (Å²) >= 11 is 0. The van der Waals surface area contributed by atoms with E-state index in [-0.39, 0.29) is 5.78 Å². The summed E-state index contributed by atoms with van der Waals surface area (Å²) in [6.07, 6.45) is 3.16. The fourth-order valence-corrected chi connectivity index (χ4v) is 2.83. The molecule has 0 atom stereocenters. The lowest BCUT2D eigenvalue weighted by molar-refractivity contribution is 0.0527. The molecule has 0 aliphatic carbocycles. The van der Waals surface area contributed by atoms with Gasteiger partial charge >= 0.3 is 6.09 Å². The number of carbonyl (C=O) groups excluding carboxylic acids is 2. The van der Waals surface area contributed by atoms with Gasteiger partial charge in [0.25, 0.3) is 0 Å². The smallest absolute Gasteiger partial charge is 0.407 e. The van der Waals surface area contributed by atoms with Crippen LogP contribution in [0.15, 0.2) is 18.3 Å². The van der Waals surface area contributed by atoms with E-state index in [1.807, 2.05) is 32.9 Å². The van der Waals surface area contributed by atoms with Crippen molar-refractivity contribution in [2.75, 3.05) is 44.7 Å². The fraction of sp³-hybridized carbons (Fsp3) is 0.650. The third kappa shape index (κ3) is 7.54. The third-order valence-electron chi connectivity index (χ3n) is 4.40. The lowest BCUT2D eigenvalue weighted by Gasteiger charge is -2.33. The summed E-state index contributed by atoms with van der Waals surface area (Å²) in [6.45, 7) is 9.96. The molecule has 0 unspecified atom stereocenters.